The molecule has 25 heavy (non-hydrogen) atoms. The second-order valence-corrected chi connectivity index (χ2v) is 6.47. The van der Waals surface area contributed by atoms with Crippen LogP contribution >= 0.6 is 0 Å². The van der Waals surface area contributed by atoms with Gasteiger partial charge in [-0.3, -0.25) is 4.79 Å². The maximum Gasteiger partial charge on any atom is 0.221 e. The fourth-order valence-electron chi connectivity index (χ4n) is 3.59. The summed E-state index contributed by atoms with van der Waals surface area (Å²) in [6.45, 7) is 0. The highest BCUT2D eigenvalue weighted by Crippen LogP contribution is 2.28. The zero-order chi connectivity index (χ0) is 17.2. The maximum absolute atomic E-state index is 11.3. The van der Waals surface area contributed by atoms with Crippen molar-refractivity contribution >= 4 is 5.91 Å². The van der Waals surface area contributed by atoms with Crippen LogP contribution in [-0.4, -0.2) is 20.9 Å². The molecule has 0 saturated heterocycles. The molecule has 1 aliphatic rings. The van der Waals surface area contributed by atoms with Crippen LogP contribution in [0, 0.1) is 0 Å². The third-order valence-electron chi connectivity index (χ3n) is 4.77. The summed E-state index contributed by atoms with van der Waals surface area (Å²) in [5, 5.41) is 8.68. The number of hydrogen-bond acceptors (Lipinski definition) is 3. The Morgan fingerprint density at radius 3 is 2.80 bits per heavy atom. The summed E-state index contributed by atoms with van der Waals surface area (Å²) in [5.74, 6) is -0.350. The molecule has 0 saturated carbocycles. The molecule has 2 N–H and O–H groups in total. The van der Waals surface area contributed by atoms with Crippen molar-refractivity contribution in [2.24, 2.45) is 5.73 Å². The number of aryl methyl sites for hydroxylation is 1. The van der Waals surface area contributed by atoms with Crippen LogP contribution in [0.5, 0.6) is 0 Å². The molecular weight excluding hydrogens is 312 g/mol. The molecule has 4 rings (SSSR count). The van der Waals surface area contributed by atoms with Gasteiger partial charge in [0.05, 0.1) is 18.3 Å². The third-order valence-corrected chi connectivity index (χ3v) is 4.77. The molecule has 126 valence electrons. The number of fused-ring (bicyclic) bond motifs is 1. The quantitative estimate of drug-likeness (QED) is 0.798. The molecule has 0 bridgehead atoms. The molecule has 2 aromatic carbocycles. The SMILES string of the molecule is NC(=O)Cc1ccccc1-c1cn(-c2cccc3c2CCCC3)nn1. The van der Waals surface area contributed by atoms with Crippen LogP contribution < -0.4 is 5.73 Å². The van der Waals surface area contributed by atoms with Crippen LogP contribution in [0.3, 0.4) is 0 Å². The van der Waals surface area contributed by atoms with Gasteiger partial charge in [-0.2, -0.15) is 0 Å². The molecular formula is C20H20N4O. The topological polar surface area (TPSA) is 73.8 Å². The van der Waals surface area contributed by atoms with Gasteiger partial charge in [0.25, 0.3) is 0 Å². The lowest BCUT2D eigenvalue weighted by atomic mass is 9.90. The molecule has 0 unspecified atom stereocenters. The Kier molecular flexibility index (Phi) is 4.06. The average molecular weight is 332 g/mol. The Morgan fingerprint density at radius 1 is 1.08 bits per heavy atom. The monoisotopic (exact) mass is 332 g/mol. The van der Waals surface area contributed by atoms with Gasteiger partial charge in [0, 0.05) is 5.56 Å². The molecule has 0 aliphatic heterocycles. The molecule has 0 atom stereocenters. The summed E-state index contributed by atoms with van der Waals surface area (Å²) < 4.78 is 1.85. The van der Waals surface area contributed by atoms with Crippen molar-refractivity contribution in [3.05, 3.63) is 65.4 Å². The number of benzene rings is 2. The zero-order valence-electron chi connectivity index (χ0n) is 14.0. The second-order valence-electron chi connectivity index (χ2n) is 6.47. The molecule has 0 radical (unpaired) electrons. The fourth-order valence-corrected chi connectivity index (χ4v) is 3.59. The lowest BCUT2D eigenvalue weighted by Crippen LogP contribution is -2.14. The molecule has 3 aromatic rings. The van der Waals surface area contributed by atoms with Crippen LogP contribution in [0.4, 0.5) is 0 Å². The number of amides is 1. The van der Waals surface area contributed by atoms with Gasteiger partial charge in [0.15, 0.2) is 0 Å². The summed E-state index contributed by atoms with van der Waals surface area (Å²) >= 11 is 0. The predicted octanol–water partition coefficient (Wildman–Crippen LogP) is 2.84. The summed E-state index contributed by atoms with van der Waals surface area (Å²) in [6, 6.07) is 14.1. The first-order chi connectivity index (χ1) is 12.2. The molecule has 1 aromatic heterocycles. The zero-order valence-corrected chi connectivity index (χ0v) is 14.0. The lowest BCUT2D eigenvalue weighted by molar-refractivity contribution is -0.117. The summed E-state index contributed by atoms with van der Waals surface area (Å²) in [5.41, 5.74) is 11.8. The van der Waals surface area contributed by atoms with Crippen molar-refractivity contribution in [3.63, 3.8) is 0 Å². The second kappa shape index (κ2) is 6.51. The van der Waals surface area contributed by atoms with E-state index in [1.807, 2.05) is 35.1 Å². The minimum atomic E-state index is -0.350. The van der Waals surface area contributed by atoms with Crippen LogP contribution in [0.15, 0.2) is 48.7 Å². The van der Waals surface area contributed by atoms with Gasteiger partial charge in [-0.25, -0.2) is 4.68 Å². The number of carbonyl (C=O) groups excluding carboxylic acids is 1. The fraction of sp³-hybridized carbons (Fsp3) is 0.250. The first kappa shape index (κ1) is 15.6. The van der Waals surface area contributed by atoms with E-state index in [1.165, 1.54) is 24.0 Å². The number of rotatable bonds is 4. The minimum absolute atomic E-state index is 0.198. The van der Waals surface area contributed by atoms with Crippen LogP contribution in [-0.2, 0) is 24.1 Å². The highest BCUT2D eigenvalue weighted by atomic mass is 16.1. The summed E-state index contributed by atoms with van der Waals surface area (Å²) in [7, 11) is 0. The van der Waals surface area contributed by atoms with Gasteiger partial charge in [-0.05, 0) is 48.4 Å². The van der Waals surface area contributed by atoms with Gasteiger partial charge < -0.3 is 5.73 Å². The molecule has 1 heterocycles. The number of aromatic nitrogens is 3. The van der Waals surface area contributed by atoms with Crippen molar-refractivity contribution in [2.45, 2.75) is 32.1 Å². The first-order valence-electron chi connectivity index (χ1n) is 8.62. The van der Waals surface area contributed by atoms with E-state index in [4.69, 9.17) is 5.73 Å². The van der Waals surface area contributed by atoms with Crippen LogP contribution in [0.2, 0.25) is 0 Å². The van der Waals surface area contributed by atoms with E-state index in [9.17, 15) is 4.79 Å². The number of primary amides is 1. The van der Waals surface area contributed by atoms with Gasteiger partial charge in [-0.15, -0.1) is 5.10 Å². The van der Waals surface area contributed by atoms with E-state index in [0.717, 1.165) is 35.3 Å². The van der Waals surface area contributed by atoms with Gasteiger partial charge in [0.2, 0.25) is 5.91 Å². The van der Waals surface area contributed by atoms with Crippen molar-refractivity contribution in [3.8, 4) is 16.9 Å². The van der Waals surface area contributed by atoms with E-state index in [1.54, 1.807) is 0 Å². The van der Waals surface area contributed by atoms with Gasteiger partial charge >= 0.3 is 0 Å². The number of carbonyl (C=O) groups is 1. The largest absolute Gasteiger partial charge is 0.369 e. The van der Waals surface area contributed by atoms with Gasteiger partial charge in [0.1, 0.15) is 5.69 Å². The first-order valence-corrected chi connectivity index (χ1v) is 8.62. The van der Waals surface area contributed by atoms with E-state index in [2.05, 4.69) is 28.5 Å². The summed E-state index contributed by atoms with van der Waals surface area (Å²) in [6.07, 6.45) is 6.81. The summed E-state index contributed by atoms with van der Waals surface area (Å²) in [4.78, 5) is 11.3. The number of nitrogens with two attached hydrogens (primary N) is 1. The normalized spacial score (nSPS) is 13.4. The Bertz CT molecular complexity index is 929. The Morgan fingerprint density at radius 2 is 1.92 bits per heavy atom. The molecule has 5 heteroatoms. The van der Waals surface area contributed by atoms with Crippen molar-refractivity contribution in [2.75, 3.05) is 0 Å². The Labute approximate surface area is 146 Å². The highest BCUT2D eigenvalue weighted by molar-refractivity contribution is 5.79. The van der Waals surface area contributed by atoms with Crippen molar-refractivity contribution < 1.29 is 4.79 Å². The van der Waals surface area contributed by atoms with E-state index < -0.39 is 0 Å². The van der Waals surface area contributed by atoms with Crippen molar-refractivity contribution in [1.82, 2.24) is 15.0 Å². The van der Waals surface area contributed by atoms with Crippen molar-refractivity contribution in [1.29, 1.82) is 0 Å². The number of hydrogen-bond donors (Lipinski definition) is 1. The molecule has 1 amide bonds. The van der Waals surface area contributed by atoms with Crippen LogP contribution in [0.25, 0.3) is 16.9 Å². The Hall–Kier alpha value is -2.95. The maximum atomic E-state index is 11.3. The highest BCUT2D eigenvalue weighted by Gasteiger charge is 2.16. The minimum Gasteiger partial charge on any atom is -0.369 e. The van der Waals surface area contributed by atoms with E-state index >= 15 is 0 Å². The molecule has 1 aliphatic carbocycles. The standard InChI is InChI=1S/C20H20N4O/c21-20(25)12-15-7-2-3-9-16(15)18-13-24(23-22-18)19-11-5-8-14-6-1-4-10-17(14)19/h2-3,5,7-9,11,13H,1,4,6,10,12H2,(H2,21,25). The molecule has 5 nitrogen and oxygen atoms in total. The molecule has 0 fully saturated rings. The average Bonchev–Trinajstić information content (AvgIpc) is 3.11. The van der Waals surface area contributed by atoms with Crippen LogP contribution in [0.1, 0.15) is 29.5 Å². The Balaban J connectivity index is 1.74. The third kappa shape index (κ3) is 3.05. The smallest absolute Gasteiger partial charge is 0.221 e. The molecule has 0 spiro atoms. The van der Waals surface area contributed by atoms with Gasteiger partial charge in [-0.1, -0.05) is 41.6 Å². The lowest BCUT2D eigenvalue weighted by Gasteiger charge is -2.18. The number of nitrogens with zero attached hydrogens (tertiary/aromatic N) is 3. The van der Waals surface area contributed by atoms with E-state index in [-0.39, 0.29) is 12.3 Å². The van der Waals surface area contributed by atoms with E-state index in [0.29, 0.717) is 0 Å². The predicted molar refractivity (Wildman–Crippen MR) is 96.3 cm³/mol.